The van der Waals surface area contributed by atoms with E-state index in [2.05, 4.69) is 17.4 Å². The maximum absolute atomic E-state index is 5.77. The molecule has 0 heterocycles. The van der Waals surface area contributed by atoms with Crippen molar-refractivity contribution in [2.24, 2.45) is 0 Å². The van der Waals surface area contributed by atoms with E-state index in [1.165, 1.54) is 50.5 Å². The summed E-state index contributed by atoms with van der Waals surface area (Å²) < 4.78 is 0. The highest BCUT2D eigenvalue weighted by molar-refractivity contribution is 5.43. The lowest BCUT2D eigenvalue weighted by molar-refractivity contribution is 0.361. The van der Waals surface area contributed by atoms with Gasteiger partial charge in [-0.3, -0.25) is 0 Å². The van der Waals surface area contributed by atoms with Crippen molar-refractivity contribution in [1.29, 1.82) is 0 Å². The number of hydrogen-bond donors (Lipinski definition) is 2. The highest BCUT2D eigenvalue weighted by Crippen LogP contribution is 2.47. The Balaban J connectivity index is 1.59. The smallest absolute Gasteiger partial charge is 0.0314 e. The molecule has 0 aliphatic heterocycles. The van der Waals surface area contributed by atoms with E-state index < -0.39 is 0 Å². The van der Waals surface area contributed by atoms with E-state index in [0.29, 0.717) is 5.41 Å². The summed E-state index contributed by atoms with van der Waals surface area (Å²) in [6, 6.07) is 9.27. The largest absolute Gasteiger partial charge is 0.399 e. The molecule has 2 aliphatic carbocycles. The standard InChI is InChI=1S/C16H24N2/c17-14-8-6-13(7-9-14)16(10-11-16)12-18-15-4-2-1-3-5-15/h6-9,15,18H,1-5,10-12,17H2. The van der Waals surface area contributed by atoms with Gasteiger partial charge in [0.1, 0.15) is 0 Å². The highest BCUT2D eigenvalue weighted by atomic mass is 14.9. The van der Waals surface area contributed by atoms with Crippen LogP contribution in [0.2, 0.25) is 0 Å². The second kappa shape index (κ2) is 4.93. The minimum atomic E-state index is 0.422. The molecule has 0 unspecified atom stereocenters. The predicted molar refractivity (Wildman–Crippen MR) is 76.6 cm³/mol. The van der Waals surface area contributed by atoms with Crippen molar-refractivity contribution in [2.45, 2.75) is 56.4 Å². The van der Waals surface area contributed by atoms with Crippen LogP contribution in [0.5, 0.6) is 0 Å². The fraction of sp³-hybridized carbons (Fsp3) is 0.625. The molecule has 2 fully saturated rings. The summed E-state index contributed by atoms with van der Waals surface area (Å²) in [5, 5.41) is 3.81. The normalized spacial score (nSPS) is 22.9. The zero-order valence-corrected chi connectivity index (χ0v) is 11.1. The molecule has 0 atom stereocenters. The summed E-state index contributed by atoms with van der Waals surface area (Å²) >= 11 is 0. The molecule has 1 aromatic rings. The monoisotopic (exact) mass is 244 g/mol. The zero-order chi connectivity index (χ0) is 12.4. The first kappa shape index (κ1) is 12.0. The highest BCUT2D eigenvalue weighted by Gasteiger charge is 2.44. The molecular formula is C16H24N2. The molecule has 0 bridgehead atoms. The maximum Gasteiger partial charge on any atom is 0.0314 e. The Morgan fingerprint density at radius 3 is 2.33 bits per heavy atom. The number of hydrogen-bond acceptors (Lipinski definition) is 2. The maximum atomic E-state index is 5.77. The van der Waals surface area contributed by atoms with Crippen LogP contribution in [0.1, 0.15) is 50.5 Å². The van der Waals surface area contributed by atoms with E-state index in [4.69, 9.17) is 5.73 Å². The average molecular weight is 244 g/mol. The van der Waals surface area contributed by atoms with Crippen LogP contribution in [0.3, 0.4) is 0 Å². The number of benzene rings is 1. The summed E-state index contributed by atoms with van der Waals surface area (Å²) in [4.78, 5) is 0. The molecule has 0 amide bonds. The molecule has 0 radical (unpaired) electrons. The van der Waals surface area contributed by atoms with Crippen LogP contribution in [-0.4, -0.2) is 12.6 Å². The summed E-state index contributed by atoms with van der Waals surface area (Å²) in [5.74, 6) is 0. The Hall–Kier alpha value is -1.02. The van der Waals surface area contributed by atoms with Crippen LogP contribution >= 0.6 is 0 Å². The van der Waals surface area contributed by atoms with Gasteiger partial charge in [0.15, 0.2) is 0 Å². The van der Waals surface area contributed by atoms with E-state index in [9.17, 15) is 0 Å². The van der Waals surface area contributed by atoms with Crippen molar-refractivity contribution < 1.29 is 0 Å². The molecule has 0 spiro atoms. The van der Waals surface area contributed by atoms with Crippen LogP contribution in [-0.2, 0) is 5.41 Å². The van der Waals surface area contributed by atoms with Gasteiger partial charge in [-0.15, -0.1) is 0 Å². The minimum Gasteiger partial charge on any atom is -0.399 e. The van der Waals surface area contributed by atoms with Crippen molar-refractivity contribution in [3.63, 3.8) is 0 Å². The Bertz CT molecular complexity index is 386. The number of nitrogens with two attached hydrogens (primary N) is 1. The van der Waals surface area contributed by atoms with Gasteiger partial charge >= 0.3 is 0 Å². The van der Waals surface area contributed by atoms with Gasteiger partial charge in [-0.1, -0.05) is 31.4 Å². The van der Waals surface area contributed by atoms with Gasteiger partial charge in [0.25, 0.3) is 0 Å². The number of nitrogens with one attached hydrogen (secondary N) is 1. The lowest BCUT2D eigenvalue weighted by atomic mass is 9.92. The molecule has 3 rings (SSSR count). The molecule has 3 N–H and O–H groups in total. The van der Waals surface area contributed by atoms with Crippen molar-refractivity contribution >= 4 is 5.69 Å². The Morgan fingerprint density at radius 1 is 1.06 bits per heavy atom. The molecule has 0 aromatic heterocycles. The first-order valence-corrected chi connectivity index (χ1v) is 7.38. The van der Waals surface area contributed by atoms with Crippen molar-refractivity contribution in [3.8, 4) is 0 Å². The van der Waals surface area contributed by atoms with Crippen LogP contribution in [0, 0.1) is 0 Å². The van der Waals surface area contributed by atoms with Crippen LogP contribution in [0.25, 0.3) is 0 Å². The van der Waals surface area contributed by atoms with Gasteiger partial charge < -0.3 is 11.1 Å². The lowest BCUT2D eigenvalue weighted by Crippen LogP contribution is -2.36. The van der Waals surface area contributed by atoms with Gasteiger partial charge in [0.2, 0.25) is 0 Å². The molecule has 2 aliphatic rings. The number of rotatable bonds is 4. The second-order valence-corrected chi connectivity index (χ2v) is 6.12. The third-order valence-electron chi connectivity index (χ3n) is 4.71. The van der Waals surface area contributed by atoms with Gasteiger partial charge in [-0.2, -0.15) is 0 Å². The average Bonchev–Trinajstić information content (AvgIpc) is 3.20. The summed E-state index contributed by atoms with van der Waals surface area (Å²) in [5.41, 5.74) is 8.53. The molecular weight excluding hydrogens is 220 g/mol. The third kappa shape index (κ3) is 2.54. The van der Waals surface area contributed by atoms with E-state index in [0.717, 1.165) is 18.3 Å². The predicted octanol–water partition coefficient (Wildman–Crippen LogP) is 3.22. The molecule has 18 heavy (non-hydrogen) atoms. The van der Waals surface area contributed by atoms with Gasteiger partial charge in [0, 0.05) is 23.7 Å². The van der Waals surface area contributed by atoms with E-state index in [1.54, 1.807) is 0 Å². The Labute approximate surface area is 110 Å². The molecule has 0 saturated heterocycles. The summed E-state index contributed by atoms with van der Waals surface area (Å²) in [6.07, 6.45) is 9.66. The van der Waals surface area contributed by atoms with Gasteiger partial charge in [0.05, 0.1) is 0 Å². The first-order chi connectivity index (χ1) is 8.78. The van der Waals surface area contributed by atoms with Crippen molar-refractivity contribution in [2.75, 3.05) is 12.3 Å². The third-order valence-corrected chi connectivity index (χ3v) is 4.71. The SMILES string of the molecule is Nc1ccc(C2(CNC3CCCCC3)CC2)cc1. The quantitative estimate of drug-likeness (QED) is 0.798. The van der Waals surface area contributed by atoms with Gasteiger partial charge in [-0.05, 0) is 43.4 Å². The molecule has 1 aromatic carbocycles. The molecule has 2 heteroatoms. The van der Waals surface area contributed by atoms with E-state index >= 15 is 0 Å². The molecule has 2 nitrogen and oxygen atoms in total. The van der Waals surface area contributed by atoms with Crippen LogP contribution in [0.4, 0.5) is 5.69 Å². The van der Waals surface area contributed by atoms with Crippen molar-refractivity contribution in [1.82, 2.24) is 5.32 Å². The van der Waals surface area contributed by atoms with E-state index in [-0.39, 0.29) is 0 Å². The topological polar surface area (TPSA) is 38.0 Å². The van der Waals surface area contributed by atoms with Gasteiger partial charge in [-0.25, -0.2) is 0 Å². The minimum absolute atomic E-state index is 0.422. The summed E-state index contributed by atoms with van der Waals surface area (Å²) in [7, 11) is 0. The number of anilines is 1. The van der Waals surface area contributed by atoms with Crippen LogP contribution in [0.15, 0.2) is 24.3 Å². The number of nitrogen functional groups attached to an aromatic ring is 1. The lowest BCUT2D eigenvalue weighted by Gasteiger charge is -2.26. The Kier molecular flexibility index (Phi) is 3.29. The summed E-state index contributed by atoms with van der Waals surface area (Å²) in [6.45, 7) is 1.15. The molecule has 98 valence electrons. The Morgan fingerprint density at radius 2 is 1.72 bits per heavy atom. The fourth-order valence-corrected chi connectivity index (χ4v) is 3.20. The van der Waals surface area contributed by atoms with Crippen LogP contribution < -0.4 is 11.1 Å². The first-order valence-electron chi connectivity index (χ1n) is 7.38. The zero-order valence-electron chi connectivity index (χ0n) is 11.1. The molecule has 2 saturated carbocycles. The van der Waals surface area contributed by atoms with Crippen molar-refractivity contribution in [3.05, 3.63) is 29.8 Å². The van der Waals surface area contributed by atoms with E-state index in [1.807, 2.05) is 12.1 Å². The second-order valence-electron chi connectivity index (χ2n) is 6.12. The fourth-order valence-electron chi connectivity index (χ4n) is 3.20.